The average Bonchev–Trinajstić information content (AvgIpc) is 2.88. The number of carbonyl (C=O) groups excluding carboxylic acids is 1. The molecule has 0 fully saturated rings. The van der Waals surface area contributed by atoms with Crippen molar-refractivity contribution in [3.05, 3.63) is 46.0 Å². The highest BCUT2D eigenvalue weighted by Gasteiger charge is 2.15. The minimum absolute atomic E-state index is 0.127. The predicted molar refractivity (Wildman–Crippen MR) is 77.8 cm³/mol. The van der Waals surface area contributed by atoms with E-state index in [0.717, 1.165) is 35.4 Å². The lowest BCUT2D eigenvalue weighted by Gasteiger charge is -2.02. The molecule has 4 heteroatoms. The van der Waals surface area contributed by atoms with E-state index in [4.69, 9.17) is 0 Å². The number of aryl methyl sites for hydroxylation is 2. The third-order valence-electron chi connectivity index (χ3n) is 3.09. The average molecular weight is 274 g/mol. The lowest BCUT2D eigenvalue weighted by atomic mass is 10.0. The van der Waals surface area contributed by atoms with E-state index in [2.05, 4.69) is 35.6 Å². The molecule has 1 aromatic carbocycles. The van der Waals surface area contributed by atoms with E-state index in [1.54, 1.807) is 0 Å². The molecular weight excluding hydrogens is 256 g/mol. The van der Waals surface area contributed by atoms with Gasteiger partial charge in [-0.3, -0.25) is 4.79 Å². The summed E-state index contributed by atoms with van der Waals surface area (Å²) in [5.74, 6) is 0.127. The number of ketones is 1. The van der Waals surface area contributed by atoms with Crippen molar-refractivity contribution >= 4 is 17.3 Å². The standard InChI is InChI=1S/C15H18N2OS/c1-3-5-13-15(19-17-16-13)14(18)10-12-8-6-11(4-2)7-9-12/h6-9H,3-5,10H2,1-2H3. The van der Waals surface area contributed by atoms with Crippen LogP contribution in [-0.4, -0.2) is 15.4 Å². The van der Waals surface area contributed by atoms with E-state index in [9.17, 15) is 4.79 Å². The van der Waals surface area contributed by atoms with Gasteiger partial charge < -0.3 is 0 Å². The number of nitrogens with zero attached hydrogens (tertiary/aromatic N) is 2. The van der Waals surface area contributed by atoms with Crippen LogP contribution in [0.4, 0.5) is 0 Å². The minimum atomic E-state index is 0.127. The Morgan fingerprint density at radius 2 is 1.84 bits per heavy atom. The van der Waals surface area contributed by atoms with E-state index < -0.39 is 0 Å². The lowest BCUT2D eigenvalue weighted by molar-refractivity contribution is 0.0995. The molecule has 100 valence electrons. The van der Waals surface area contributed by atoms with E-state index in [1.165, 1.54) is 17.1 Å². The molecule has 1 aromatic heterocycles. The summed E-state index contributed by atoms with van der Waals surface area (Å²) >= 11 is 1.21. The van der Waals surface area contributed by atoms with Gasteiger partial charge in [-0.2, -0.15) is 0 Å². The second kappa shape index (κ2) is 6.57. The van der Waals surface area contributed by atoms with Gasteiger partial charge in [0.15, 0.2) is 5.78 Å². The molecular formula is C15H18N2OS. The zero-order valence-corrected chi connectivity index (χ0v) is 12.2. The van der Waals surface area contributed by atoms with Crippen LogP contribution in [0.25, 0.3) is 0 Å². The van der Waals surface area contributed by atoms with Gasteiger partial charge in [-0.05, 0) is 35.5 Å². The van der Waals surface area contributed by atoms with Crippen molar-refractivity contribution in [1.82, 2.24) is 9.59 Å². The number of rotatable bonds is 6. The van der Waals surface area contributed by atoms with Gasteiger partial charge in [-0.1, -0.05) is 49.0 Å². The fourth-order valence-corrected chi connectivity index (χ4v) is 2.62. The Morgan fingerprint density at radius 1 is 1.16 bits per heavy atom. The summed E-state index contributed by atoms with van der Waals surface area (Å²) in [7, 11) is 0. The van der Waals surface area contributed by atoms with Gasteiger partial charge in [0.1, 0.15) is 4.88 Å². The molecule has 0 aliphatic heterocycles. The minimum Gasteiger partial charge on any atom is -0.293 e. The molecule has 2 aromatic rings. The number of Topliss-reactive ketones (excluding diaryl/α,β-unsaturated/α-hetero) is 1. The molecule has 0 amide bonds. The number of benzene rings is 1. The summed E-state index contributed by atoms with van der Waals surface area (Å²) in [6, 6.07) is 8.23. The van der Waals surface area contributed by atoms with Crippen molar-refractivity contribution in [3.8, 4) is 0 Å². The second-order valence-corrected chi connectivity index (χ2v) is 5.32. The molecule has 0 saturated heterocycles. The maximum Gasteiger partial charge on any atom is 0.180 e. The van der Waals surface area contributed by atoms with Gasteiger partial charge in [-0.15, -0.1) is 5.10 Å². The first-order valence-corrected chi connectivity index (χ1v) is 7.44. The molecule has 0 aliphatic carbocycles. The largest absolute Gasteiger partial charge is 0.293 e. The first-order chi connectivity index (χ1) is 9.24. The van der Waals surface area contributed by atoms with Crippen LogP contribution in [-0.2, 0) is 19.3 Å². The van der Waals surface area contributed by atoms with Crippen molar-refractivity contribution < 1.29 is 4.79 Å². The first kappa shape index (κ1) is 13.9. The topological polar surface area (TPSA) is 42.9 Å². The van der Waals surface area contributed by atoms with Crippen molar-refractivity contribution in [3.63, 3.8) is 0 Å². The number of hydrogen-bond acceptors (Lipinski definition) is 4. The summed E-state index contributed by atoms with van der Waals surface area (Å²) in [6.45, 7) is 4.21. The summed E-state index contributed by atoms with van der Waals surface area (Å²) in [6.07, 6.45) is 3.27. The normalized spacial score (nSPS) is 10.6. The molecule has 0 bridgehead atoms. The zero-order valence-electron chi connectivity index (χ0n) is 11.3. The highest BCUT2D eigenvalue weighted by molar-refractivity contribution is 7.08. The molecule has 0 radical (unpaired) electrons. The first-order valence-electron chi connectivity index (χ1n) is 6.66. The zero-order chi connectivity index (χ0) is 13.7. The summed E-state index contributed by atoms with van der Waals surface area (Å²) in [5, 5.41) is 4.04. The molecule has 3 nitrogen and oxygen atoms in total. The van der Waals surface area contributed by atoms with Gasteiger partial charge in [0.2, 0.25) is 0 Å². The molecule has 1 heterocycles. The fourth-order valence-electron chi connectivity index (χ4n) is 1.98. The quantitative estimate of drug-likeness (QED) is 0.757. The van der Waals surface area contributed by atoms with E-state index >= 15 is 0 Å². The Bertz CT molecular complexity index is 546. The maximum absolute atomic E-state index is 12.3. The van der Waals surface area contributed by atoms with Gasteiger partial charge >= 0.3 is 0 Å². The van der Waals surface area contributed by atoms with Crippen LogP contribution >= 0.6 is 11.5 Å². The highest BCUT2D eigenvalue weighted by atomic mass is 32.1. The van der Waals surface area contributed by atoms with E-state index in [1.807, 2.05) is 12.1 Å². The lowest BCUT2D eigenvalue weighted by Crippen LogP contribution is -2.05. The van der Waals surface area contributed by atoms with Crippen LogP contribution in [0.2, 0.25) is 0 Å². The van der Waals surface area contributed by atoms with Gasteiger partial charge in [0.05, 0.1) is 5.69 Å². The van der Waals surface area contributed by atoms with Crippen molar-refractivity contribution in [2.75, 3.05) is 0 Å². The number of aromatic nitrogens is 2. The van der Waals surface area contributed by atoms with Gasteiger partial charge in [0.25, 0.3) is 0 Å². The van der Waals surface area contributed by atoms with Crippen LogP contribution < -0.4 is 0 Å². The highest BCUT2D eigenvalue weighted by Crippen LogP contribution is 2.16. The van der Waals surface area contributed by atoms with Crippen molar-refractivity contribution in [1.29, 1.82) is 0 Å². The maximum atomic E-state index is 12.3. The van der Waals surface area contributed by atoms with Crippen LogP contribution in [0.15, 0.2) is 24.3 Å². The molecule has 0 unspecified atom stereocenters. The Balaban J connectivity index is 2.09. The second-order valence-electron chi connectivity index (χ2n) is 4.57. The van der Waals surface area contributed by atoms with Crippen LogP contribution in [0, 0.1) is 0 Å². The Kier molecular flexibility index (Phi) is 4.80. The summed E-state index contributed by atoms with van der Waals surface area (Å²) in [5.41, 5.74) is 3.20. The van der Waals surface area contributed by atoms with Crippen LogP contribution in [0.3, 0.4) is 0 Å². The monoisotopic (exact) mass is 274 g/mol. The third kappa shape index (κ3) is 3.47. The fraction of sp³-hybridized carbons (Fsp3) is 0.400. The summed E-state index contributed by atoms with van der Waals surface area (Å²) < 4.78 is 3.90. The Labute approximate surface area is 117 Å². The van der Waals surface area contributed by atoms with Crippen molar-refractivity contribution in [2.24, 2.45) is 0 Å². The smallest absolute Gasteiger partial charge is 0.180 e. The van der Waals surface area contributed by atoms with Crippen LogP contribution in [0.5, 0.6) is 0 Å². The summed E-state index contributed by atoms with van der Waals surface area (Å²) in [4.78, 5) is 13.0. The third-order valence-corrected chi connectivity index (χ3v) is 3.90. The Morgan fingerprint density at radius 3 is 2.47 bits per heavy atom. The molecule has 2 rings (SSSR count). The molecule has 0 saturated carbocycles. The van der Waals surface area contributed by atoms with Crippen molar-refractivity contribution in [2.45, 2.75) is 39.5 Å². The SMILES string of the molecule is CCCc1nnsc1C(=O)Cc1ccc(CC)cc1. The molecule has 0 aliphatic rings. The van der Waals surface area contributed by atoms with Gasteiger partial charge in [-0.25, -0.2) is 0 Å². The molecule has 19 heavy (non-hydrogen) atoms. The molecule has 0 atom stereocenters. The number of carbonyl (C=O) groups is 1. The molecule has 0 N–H and O–H groups in total. The Hall–Kier alpha value is -1.55. The van der Waals surface area contributed by atoms with Gasteiger partial charge in [0, 0.05) is 6.42 Å². The molecule has 0 spiro atoms. The van der Waals surface area contributed by atoms with E-state index in [-0.39, 0.29) is 5.78 Å². The van der Waals surface area contributed by atoms with E-state index in [0.29, 0.717) is 6.42 Å². The predicted octanol–water partition coefficient (Wildman–Crippen LogP) is 3.48. The van der Waals surface area contributed by atoms with Crippen LogP contribution in [0.1, 0.15) is 46.8 Å². The number of hydrogen-bond donors (Lipinski definition) is 0.